The number of furan rings is 1. The lowest BCUT2D eigenvalue weighted by molar-refractivity contribution is 0.0904. The van der Waals surface area contributed by atoms with Crippen LogP contribution in [0.5, 0.6) is 0 Å². The number of hydrogen-bond acceptors (Lipinski definition) is 6. The van der Waals surface area contributed by atoms with Crippen molar-refractivity contribution < 1.29 is 13.7 Å². The molecule has 0 radical (unpaired) electrons. The minimum absolute atomic E-state index is 0.233. The predicted molar refractivity (Wildman–Crippen MR) is 97.9 cm³/mol. The van der Waals surface area contributed by atoms with E-state index in [-0.39, 0.29) is 11.7 Å². The van der Waals surface area contributed by atoms with Crippen LogP contribution in [-0.4, -0.2) is 25.6 Å². The third kappa shape index (κ3) is 3.33. The van der Waals surface area contributed by atoms with E-state index in [1.165, 1.54) is 6.26 Å². The number of hydrogen-bond donors (Lipinski definition) is 1. The smallest absolute Gasteiger partial charge is 0.287 e. The van der Waals surface area contributed by atoms with Crippen LogP contribution in [0, 0.1) is 0 Å². The van der Waals surface area contributed by atoms with Crippen LogP contribution in [0.4, 0.5) is 0 Å². The quantitative estimate of drug-likeness (QED) is 0.561. The second-order valence-corrected chi connectivity index (χ2v) is 6.27. The Kier molecular flexibility index (Phi) is 4.45. The van der Waals surface area contributed by atoms with E-state index in [2.05, 4.69) is 31.9 Å². The zero-order valence-corrected chi connectivity index (χ0v) is 15.0. The molecule has 1 atom stereocenters. The third-order valence-corrected chi connectivity index (χ3v) is 4.25. The maximum absolute atomic E-state index is 12.1. The Hall–Kier alpha value is -3.42. The van der Waals surface area contributed by atoms with Crippen LogP contribution < -0.4 is 5.32 Å². The molecular weight excluding hydrogens is 346 g/mol. The minimum Gasteiger partial charge on any atom is -0.459 e. The van der Waals surface area contributed by atoms with Crippen molar-refractivity contribution in [2.75, 3.05) is 0 Å². The van der Waals surface area contributed by atoms with Gasteiger partial charge in [0.1, 0.15) is 6.04 Å². The molecule has 1 N–H and O–H groups in total. The van der Waals surface area contributed by atoms with Crippen molar-refractivity contribution in [1.82, 2.24) is 25.0 Å². The van der Waals surface area contributed by atoms with Gasteiger partial charge >= 0.3 is 0 Å². The van der Waals surface area contributed by atoms with Gasteiger partial charge in [-0.2, -0.15) is 4.98 Å². The molecule has 3 heterocycles. The van der Waals surface area contributed by atoms with Crippen LogP contribution in [0.2, 0.25) is 0 Å². The Balaban J connectivity index is 1.56. The van der Waals surface area contributed by atoms with Gasteiger partial charge in [0.15, 0.2) is 5.76 Å². The zero-order chi connectivity index (χ0) is 18.8. The lowest BCUT2D eigenvalue weighted by Crippen LogP contribution is -2.26. The fourth-order valence-corrected chi connectivity index (χ4v) is 2.88. The van der Waals surface area contributed by atoms with Gasteiger partial charge in [0.2, 0.25) is 11.7 Å². The van der Waals surface area contributed by atoms with Gasteiger partial charge in [-0.1, -0.05) is 12.1 Å². The van der Waals surface area contributed by atoms with Crippen molar-refractivity contribution >= 4 is 16.9 Å². The van der Waals surface area contributed by atoms with Gasteiger partial charge < -0.3 is 18.8 Å². The first-order valence-electron chi connectivity index (χ1n) is 8.79. The van der Waals surface area contributed by atoms with E-state index in [1.807, 2.05) is 24.5 Å². The number of nitrogens with one attached hydrogen (secondary N) is 1. The van der Waals surface area contributed by atoms with Crippen LogP contribution in [0.25, 0.3) is 22.4 Å². The Bertz CT molecular complexity index is 1060. The highest BCUT2D eigenvalue weighted by Crippen LogP contribution is 2.23. The van der Waals surface area contributed by atoms with E-state index in [4.69, 9.17) is 8.94 Å². The molecule has 0 aliphatic rings. The van der Waals surface area contributed by atoms with Crippen LogP contribution in [0.3, 0.4) is 0 Å². The van der Waals surface area contributed by atoms with Crippen molar-refractivity contribution in [3.8, 4) is 11.4 Å². The molecule has 4 rings (SSSR count). The predicted octanol–water partition coefficient (Wildman–Crippen LogP) is 3.58. The van der Waals surface area contributed by atoms with E-state index < -0.39 is 6.04 Å². The summed E-state index contributed by atoms with van der Waals surface area (Å²) in [6.07, 6.45) is 4.31. The lowest BCUT2D eigenvalue weighted by Gasteiger charge is -2.07. The van der Waals surface area contributed by atoms with Crippen molar-refractivity contribution in [3.05, 3.63) is 54.6 Å². The zero-order valence-electron chi connectivity index (χ0n) is 15.0. The molecule has 4 aromatic rings. The summed E-state index contributed by atoms with van der Waals surface area (Å²) in [4.78, 5) is 20.9. The summed E-state index contributed by atoms with van der Waals surface area (Å²) < 4.78 is 12.5. The number of imidazole rings is 1. The number of aromatic nitrogens is 4. The monoisotopic (exact) mass is 365 g/mol. The normalized spacial score (nSPS) is 12.4. The van der Waals surface area contributed by atoms with E-state index in [1.54, 1.807) is 19.1 Å². The molecule has 0 saturated carbocycles. The summed E-state index contributed by atoms with van der Waals surface area (Å²) in [6, 6.07) is 8.65. The maximum atomic E-state index is 12.1. The maximum Gasteiger partial charge on any atom is 0.287 e. The first kappa shape index (κ1) is 17.0. The molecule has 3 aromatic heterocycles. The molecule has 1 aromatic carbocycles. The molecule has 1 amide bonds. The molecule has 27 heavy (non-hydrogen) atoms. The van der Waals surface area contributed by atoms with Crippen molar-refractivity contribution in [3.63, 3.8) is 0 Å². The standard InChI is InChI=1S/C19H19N5O3/c1-3-8-24-11-20-14-7-6-13(10-15(14)24)17-22-19(27-23-17)12(2)21-18(25)16-5-4-9-26-16/h4-7,9-12H,3,8H2,1-2H3,(H,21,25)/t12-/m0/s1. The first-order chi connectivity index (χ1) is 13.2. The first-order valence-corrected chi connectivity index (χ1v) is 8.79. The van der Waals surface area contributed by atoms with E-state index >= 15 is 0 Å². The van der Waals surface area contributed by atoms with Gasteiger partial charge in [0.25, 0.3) is 5.91 Å². The van der Waals surface area contributed by atoms with Gasteiger partial charge in [0, 0.05) is 12.1 Å². The summed E-state index contributed by atoms with van der Waals surface area (Å²) >= 11 is 0. The van der Waals surface area contributed by atoms with Gasteiger partial charge in [0.05, 0.1) is 23.6 Å². The van der Waals surface area contributed by atoms with Crippen molar-refractivity contribution in [1.29, 1.82) is 0 Å². The Labute approximate surface area is 155 Å². The largest absolute Gasteiger partial charge is 0.459 e. The number of amides is 1. The minimum atomic E-state index is -0.446. The van der Waals surface area contributed by atoms with Gasteiger partial charge in [-0.15, -0.1) is 0 Å². The molecule has 0 aliphatic heterocycles. The van der Waals surface area contributed by atoms with Crippen LogP contribution in [0.1, 0.15) is 42.8 Å². The molecule has 0 spiro atoms. The molecule has 0 bridgehead atoms. The van der Waals surface area contributed by atoms with Gasteiger partial charge in [-0.25, -0.2) is 4.98 Å². The third-order valence-electron chi connectivity index (χ3n) is 4.25. The fraction of sp³-hybridized carbons (Fsp3) is 0.263. The van der Waals surface area contributed by atoms with E-state index in [0.717, 1.165) is 29.6 Å². The second-order valence-electron chi connectivity index (χ2n) is 6.27. The number of nitrogens with zero attached hydrogens (tertiary/aromatic N) is 4. The molecule has 0 saturated heterocycles. The summed E-state index contributed by atoms with van der Waals surface area (Å²) in [6.45, 7) is 4.80. The molecule has 138 valence electrons. The summed E-state index contributed by atoms with van der Waals surface area (Å²) in [5.41, 5.74) is 2.79. The molecule has 8 heteroatoms. The number of benzene rings is 1. The molecule has 0 aliphatic carbocycles. The number of rotatable bonds is 6. The number of carbonyl (C=O) groups is 1. The lowest BCUT2D eigenvalue weighted by atomic mass is 10.2. The van der Waals surface area contributed by atoms with Crippen molar-refractivity contribution in [2.24, 2.45) is 0 Å². The van der Waals surface area contributed by atoms with Crippen LogP contribution in [0.15, 0.2) is 51.9 Å². The van der Waals surface area contributed by atoms with Crippen molar-refractivity contribution in [2.45, 2.75) is 32.9 Å². The Morgan fingerprint density at radius 3 is 3.00 bits per heavy atom. The second kappa shape index (κ2) is 7.06. The number of fused-ring (bicyclic) bond motifs is 1. The highest BCUT2D eigenvalue weighted by Gasteiger charge is 2.19. The molecule has 0 unspecified atom stereocenters. The summed E-state index contributed by atoms with van der Waals surface area (Å²) in [5.74, 6) is 0.690. The summed E-state index contributed by atoms with van der Waals surface area (Å²) in [5, 5.41) is 6.83. The fourth-order valence-electron chi connectivity index (χ4n) is 2.88. The topological polar surface area (TPSA) is 99.0 Å². The van der Waals surface area contributed by atoms with Crippen LogP contribution >= 0.6 is 0 Å². The summed E-state index contributed by atoms with van der Waals surface area (Å²) in [7, 11) is 0. The SMILES string of the molecule is CCCn1cnc2ccc(-c3noc([C@H](C)NC(=O)c4ccco4)n3)cc21. The van der Waals surface area contributed by atoms with Crippen LogP contribution in [-0.2, 0) is 6.54 Å². The average molecular weight is 365 g/mol. The molecule has 8 nitrogen and oxygen atoms in total. The molecular formula is C19H19N5O3. The highest BCUT2D eigenvalue weighted by atomic mass is 16.5. The van der Waals surface area contributed by atoms with E-state index in [0.29, 0.717) is 11.7 Å². The molecule has 0 fully saturated rings. The highest BCUT2D eigenvalue weighted by molar-refractivity contribution is 5.91. The van der Waals surface area contributed by atoms with Gasteiger partial charge in [-0.3, -0.25) is 4.79 Å². The number of carbonyl (C=O) groups excluding carboxylic acids is 1. The number of aryl methyl sites for hydroxylation is 1. The Morgan fingerprint density at radius 1 is 1.33 bits per heavy atom. The Morgan fingerprint density at radius 2 is 2.22 bits per heavy atom. The average Bonchev–Trinajstić information content (AvgIpc) is 3.42. The van der Waals surface area contributed by atoms with Gasteiger partial charge in [-0.05, 0) is 43.7 Å². The van der Waals surface area contributed by atoms with E-state index in [9.17, 15) is 4.79 Å².